The Morgan fingerprint density at radius 2 is 2.25 bits per heavy atom. The SMILES string of the molecule is CCC(C)N/C=C(/C#N)C(=O)Nc1ccc(C)c(Cl)c1. The first-order chi connectivity index (χ1) is 9.47. The number of carbonyl (C=O) groups is 1. The molecule has 0 radical (unpaired) electrons. The van der Waals surface area contributed by atoms with E-state index in [1.54, 1.807) is 12.1 Å². The van der Waals surface area contributed by atoms with Crippen molar-refractivity contribution in [3.63, 3.8) is 0 Å². The quantitative estimate of drug-likeness (QED) is 0.645. The van der Waals surface area contributed by atoms with Gasteiger partial charge in [-0.05, 0) is 38.0 Å². The molecule has 0 saturated heterocycles. The first-order valence-electron chi connectivity index (χ1n) is 6.41. The topological polar surface area (TPSA) is 64.9 Å². The summed E-state index contributed by atoms with van der Waals surface area (Å²) in [5, 5.41) is 15.2. The molecule has 0 spiro atoms. The van der Waals surface area contributed by atoms with Crippen LogP contribution in [0.1, 0.15) is 25.8 Å². The van der Waals surface area contributed by atoms with Crippen LogP contribution in [0.4, 0.5) is 5.69 Å². The minimum Gasteiger partial charge on any atom is -0.387 e. The van der Waals surface area contributed by atoms with E-state index in [0.29, 0.717) is 10.7 Å². The number of hydrogen-bond acceptors (Lipinski definition) is 3. The predicted octanol–water partition coefficient (Wildman–Crippen LogP) is 3.38. The average molecular weight is 292 g/mol. The molecule has 2 N–H and O–H groups in total. The summed E-state index contributed by atoms with van der Waals surface area (Å²) in [6.45, 7) is 5.87. The first-order valence-corrected chi connectivity index (χ1v) is 6.79. The Balaban J connectivity index is 2.77. The highest BCUT2D eigenvalue weighted by Gasteiger charge is 2.10. The van der Waals surface area contributed by atoms with Crippen molar-refractivity contribution in [2.75, 3.05) is 5.32 Å². The molecule has 0 aliphatic rings. The van der Waals surface area contributed by atoms with Crippen molar-refractivity contribution in [3.05, 3.63) is 40.6 Å². The number of carbonyl (C=O) groups excluding carboxylic acids is 1. The van der Waals surface area contributed by atoms with E-state index in [4.69, 9.17) is 16.9 Å². The van der Waals surface area contributed by atoms with Gasteiger partial charge in [0.15, 0.2) is 0 Å². The van der Waals surface area contributed by atoms with Gasteiger partial charge in [0.2, 0.25) is 0 Å². The number of nitrogens with zero attached hydrogens (tertiary/aromatic N) is 1. The van der Waals surface area contributed by atoms with E-state index in [-0.39, 0.29) is 11.6 Å². The number of nitrogens with one attached hydrogen (secondary N) is 2. The first kappa shape index (κ1) is 16.1. The molecule has 106 valence electrons. The zero-order chi connectivity index (χ0) is 15.1. The molecule has 0 bridgehead atoms. The van der Waals surface area contributed by atoms with E-state index < -0.39 is 5.91 Å². The fourth-order valence-corrected chi connectivity index (χ4v) is 1.54. The maximum Gasteiger partial charge on any atom is 0.267 e. The van der Waals surface area contributed by atoms with Gasteiger partial charge >= 0.3 is 0 Å². The van der Waals surface area contributed by atoms with Crippen molar-refractivity contribution in [2.24, 2.45) is 0 Å². The molecule has 1 aromatic rings. The number of rotatable bonds is 5. The number of hydrogen-bond donors (Lipinski definition) is 2. The van der Waals surface area contributed by atoms with Gasteiger partial charge in [0.1, 0.15) is 11.6 Å². The standard InChI is InChI=1S/C15H18ClN3O/c1-4-11(3)18-9-12(8-17)15(20)19-13-6-5-10(2)14(16)7-13/h5-7,9,11,18H,4H2,1-3H3,(H,19,20)/b12-9-. The fourth-order valence-electron chi connectivity index (χ4n) is 1.36. The van der Waals surface area contributed by atoms with Crippen molar-refractivity contribution >= 4 is 23.2 Å². The van der Waals surface area contributed by atoms with E-state index in [9.17, 15) is 4.79 Å². The highest BCUT2D eigenvalue weighted by molar-refractivity contribution is 6.31. The predicted molar refractivity (Wildman–Crippen MR) is 81.4 cm³/mol. The summed E-state index contributed by atoms with van der Waals surface area (Å²) in [5.74, 6) is -0.455. The highest BCUT2D eigenvalue weighted by Crippen LogP contribution is 2.20. The summed E-state index contributed by atoms with van der Waals surface area (Å²) in [4.78, 5) is 12.0. The minimum absolute atomic E-state index is 0.0296. The van der Waals surface area contributed by atoms with Crippen molar-refractivity contribution < 1.29 is 4.79 Å². The largest absolute Gasteiger partial charge is 0.387 e. The number of anilines is 1. The summed E-state index contributed by atoms with van der Waals surface area (Å²) < 4.78 is 0. The Morgan fingerprint density at radius 3 is 2.80 bits per heavy atom. The van der Waals surface area contributed by atoms with Crippen LogP contribution in [0.5, 0.6) is 0 Å². The summed E-state index contributed by atoms with van der Waals surface area (Å²) in [6, 6.07) is 7.30. The van der Waals surface area contributed by atoms with E-state index in [1.807, 2.05) is 32.9 Å². The Labute approximate surface area is 124 Å². The summed E-state index contributed by atoms with van der Waals surface area (Å²) >= 11 is 5.99. The molecule has 0 aromatic heterocycles. The third kappa shape index (κ3) is 4.60. The van der Waals surface area contributed by atoms with Crippen molar-refractivity contribution in [1.29, 1.82) is 5.26 Å². The second-order valence-electron chi connectivity index (χ2n) is 4.56. The summed E-state index contributed by atoms with van der Waals surface area (Å²) in [6.07, 6.45) is 2.35. The van der Waals surface area contributed by atoms with Gasteiger partial charge in [-0.15, -0.1) is 0 Å². The molecule has 0 aliphatic carbocycles. The highest BCUT2D eigenvalue weighted by atomic mass is 35.5. The monoisotopic (exact) mass is 291 g/mol. The zero-order valence-electron chi connectivity index (χ0n) is 11.8. The van der Waals surface area contributed by atoms with Crippen LogP contribution in [0.2, 0.25) is 5.02 Å². The summed E-state index contributed by atoms with van der Waals surface area (Å²) in [7, 11) is 0. The van der Waals surface area contributed by atoms with E-state index in [0.717, 1.165) is 12.0 Å². The van der Waals surface area contributed by atoms with Gasteiger partial charge in [0.05, 0.1) is 0 Å². The molecule has 1 rings (SSSR count). The molecule has 1 aromatic carbocycles. The molecule has 0 saturated carbocycles. The lowest BCUT2D eigenvalue weighted by Crippen LogP contribution is -2.22. The van der Waals surface area contributed by atoms with Gasteiger partial charge in [-0.2, -0.15) is 5.26 Å². The second kappa shape index (κ2) is 7.56. The van der Waals surface area contributed by atoms with Crippen LogP contribution in [-0.2, 0) is 4.79 Å². The molecule has 5 heteroatoms. The van der Waals surface area contributed by atoms with Gasteiger partial charge in [0, 0.05) is 23.0 Å². The van der Waals surface area contributed by atoms with Crippen LogP contribution < -0.4 is 10.6 Å². The molecule has 1 unspecified atom stereocenters. The number of amides is 1. The van der Waals surface area contributed by atoms with Gasteiger partial charge in [-0.3, -0.25) is 4.79 Å². The number of halogens is 1. The maximum absolute atomic E-state index is 12.0. The van der Waals surface area contributed by atoms with Crippen LogP contribution in [0.15, 0.2) is 30.0 Å². The average Bonchev–Trinajstić information content (AvgIpc) is 2.43. The van der Waals surface area contributed by atoms with Crippen LogP contribution in [0, 0.1) is 18.3 Å². The Hall–Kier alpha value is -1.99. The molecule has 0 fully saturated rings. The van der Waals surface area contributed by atoms with Gasteiger partial charge in [-0.25, -0.2) is 0 Å². The van der Waals surface area contributed by atoms with E-state index >= 15 is 0 Å². The van der Waals surface area contributed by atoms with Crippen molar-refractivity contribution in [3.8, 4) is 6.07 Å². The minimum atomic E-state index is -0.455. The Morgan fingerprint density at radius 1 is 1.55 bits per heavy atom. The molecule has 1 atom stereocenters. The van der Waals surface area contributed by atoms with Gasteiger partial charge < -0.3 is 10.6 Å². The van der Waals surface area contributed by atoms with Crippen molar-refractivity contribution in [1.82, 2.24) is 5.32 Å². The molecular formula is C15H18ClN3O. The maximum atomic E-state index is 12.0. The van der Waals surface area contributed by atoms with Crippen LogP contribution in [0.25, 0.3) is 0 Å². The normalized spacial score (nSPS) is 12.4. The lowest BCUT2D eigenvalue weighted by molar-refractivity contribution is -0.112. The van der Waals surface area contributed by atoms with Gasteiger partial charge in [-0.1, -0.05) is 24.6 Å². The van der Waals surface area contributed by atoms with Crippen LogP contribution in [-0.4, -0.2) is 11.9 Å². The van der Waals surface area contributed by atoms with Crippen molar-refractivity contribution in [2.45, 2.75) is 33.2 Å². The second-order valence-corrected chi connectivity index (χ2v) is 4.97. The molecule has 20 heavy (non-hydrogen) atoms. The molecule has 4 nitrogen and oxygen atoms in total. The lowest BCUT2D eigenvalue weighted by atomic mass is 10.2. The Bertz CT molecular complexity index is 561. The fraction of sp³-hybridized carbons (Fsp3) is 0.333. The zero-order valence-corrected chi connectivity index (χ0v) is 12.6. The third-order valence-electron chi connectivity index (χ3n) is 2.92. The lowest BCUT2D eigenvalue weighted by Gasteiger charge is -2.09. The molecule has 0 heterocycles. The van der Waals surface area contributed by atoms with Gasteiger partial charge in [0.25, 0.3) is 5.91 Å². The van der Waals surface area contributed by atoms with Crippen LogP contribution >= 0.6 is 11.6 Å². The molecular weight excluding hydrogens is 274 g/mol. The molecule has 1 amide bonds. The number of benzene rings is 1. The smallest absolute Gasteiger partial charge is 0.267 e. The Kier molecular flexibility index (Phi) is 6.08. The van der Waals surface area contributed by atoms with Crippen LogP contribution in [0.3, 0.4) is 0 Å². The molecule has 0 aliphatic heterocycles. The number of aryl methyl sites for hydroxylation is 1. The third-order valence-corrected chi connectivity index (χ3v) is 3.33. The summed E-state index contributed by atoms with van der Waals surface area (Å²) in [5.41, 5.74) is 1.52. The van der Waals surface area contributed by atoms with E-state index in [2.05, 4.69) is 10.6 Å². The number of nitriles is 1. The van der Waals surface area contributed by atoms with E-state index in [1.165, 1.54) is 6.20 Å².